The Hall–Kier alpha value is -2.15. The van der Waals surface area contributed by atoms with Gasteiger partial charge >= 0.3 is 5.97 Å². The lowest BCUT2D eigenvalue weighted by molar-refractivity contribution is -0.142. The number of hydrogen-bond acceptors (Lipinski definition) is 5. The third-order valence-corrected chi connectivity index (χ3v) is 5.12. The first-order chi connectivity index (χ1) is 11.1. The molecule has 0 saturated heterocycles. The number of aliphatic carboxylic acids is 1. The molecule has 6 nitrogen and oxygen atoms in total. The Balaban J connectivity index is 1.71. The molecule has 122 valence electrons. The van der Waals surface area contributed by atoms with Crippen molar-refractivity contribution in [1.82, 2.24) is 10.3 Å². The zero-order chi connectivity index (χ0) is 16.2. The minimum absolute atomic E-state index is 0.265. The van der Waals surface area contributed by atoms with Gasteiger partial charge in [-0.3, -0.25) is 9.59 Å². The summed E-state index contributed by atoms with van der Waals surface area (Å²) in [4.78, 5) is 28.5. The summed E-state index contributed by atoms with van der Waals surface area (Å²) in [6.07, 6.45) is 7.22. The van der Waals surface area contributed by atoms with E-state index in [-0.39, 0.29) is 11.9 Å². The van der Waals surface area contributed by atoms with E-state index in [0.29, 0.717) is 28.5 Å². The highest BCUT2D eigenvalue weighted by atomic mass is 32.1. The Morgan fingerprint density at radius 3 is 2.87 bits per heavy atom. The van der Waals surface area contributed by atoms with Crippen molar-refractivity contribution in [1.29, 1.82) is 0 Å². The highest BCUT2D eigenvalue weighted by Gasteiger charge is 2.31. The first-order valence-electron chi connectivity index (χ1n) is 7.68. The summed E-state index contributed by atoms with van der Waals surface area (Å²) in [5, 5.41) is 12.9. The van der Waals surface area contributed by atoms with Crippen LogP contribution in [0.2, 0.25) is 0 Å². The third-order valence-electron chi connectivity index (χ3n) is 4.11. The first-order valence-corrected chi connectivity index (χ1v) is 8.50. The van der Waals surface area contributed by atoms with Gasteiger partial charge in [0.2, 0.25) is 0 Å². The molecule has 2 heterocycles. The van der Waals surface area contributed by atoms with E-state index in [2.05, 4.69) is 10.3 Å². The van der Waals surface area contributed by atoms with Crippen molar-refractivity contribution in [2.24, 2.45) is 5.92 Å². The highest BCUT2D eigenvalue weighted by molar-refractivity contribution is 7.16. The molecule has 1 aliphatic carbocycles. The van der Waals surface area contributed by atoms with Gasteiger partial charge in [-0.15, -0.1) is 11.3 Å². The predicted molar refractivity (Wildman–Crippen MR) is 85.3 cm³/mol. The van der Waals surface area contributed by atoms with Crippen LogP contribution >= 0.6 is 11.3 Å². The molecule has 1 fully saturated rings. The number of carbonyl (C=O) groups is 2. The van der Waals surface area contributed by atoms with Crippen molar-refractivity contribution in [3.05, 3.63) is 29.5 Å². The monoisotopic (exact) mass is 334 g/mol. The molecule has 23 heavy (non-hydrogen) atoms. The number of carbonyl (C=O) groups excluding carboxylic acids is 1. The second-order valence-electron chi connectivity index (χ2n) is 5.67. The number of hydrogen-bond donors (Lipinski definition) is 2. The van der Waals surface area contributed by atoms with E-state index in [4.69, 9.17) is 4.42 Å². The number of thiazole rings is 1. The lowest BCUT2D eigenvalue weighted by Gasteiger charge is -2.22. The molecule has 0 bridgehead atoms. The predicted octanol–water partition coefficient (Wildman–Crippen LogP) is 3.17. The summed E-state index contributed by atoms with van der Waals surface area (Å²) in [7, 11) is 0. The SMILES string of the molecule is O=C(N[C@H]1CCCCC[C@H]1C(=O)O)c1cnc(-c2ccco2)s1. The van der Waals surface area contributed by atoms with Gasteiger partial charge in [0.25, 0.3) is 5.91 Å². The van der Waals surface area contributed by atoms with Gasteiger partial charge < -0.3 is 14.8 Å². The average molecular weight is 334 g/mol. The van der Waals surface area contributed by atoms with Crippen molar-refractivity contribution in [3.8, 4) is 10.8 Å². The summed E-state index contributed by atoms with van der Waals surface area (Å²) in [5.74, 6) is -0.998. The van der Waals surface area contributed by atoms with Crippen molar-refractivity contribution in [2.75, 3.05) is 0 Å². The molecule has 2 atom stereocenters. The molecule has 0 unspecified atom stereocenters. The van der Waals surface area contributed by atoms with Crippen LogP contribution in [0.3, 0.4) is 0 Å². The smallest absolute Gasteiger partial charge is 0.308 e. The molecular weight excluding hydrogens is 316 g/mol. The molecule has 0 spiro atoms. The molecule has 2 aromatic heterocycles. The number of aromatic nitrogens is 1. The zero-order valence-electron chi connectivity index (χ0n) is 12.5. The minimum atomic E-state index is -0.835. The molecule has 2 N–H and O–H groups in total. The van der Waals surface area contributed by atoms with Crippen LogP contribution in [0.25, 0.3) is 10.8 Å². The normalized spacial score (nSPS) is 21.6. The van der Waals surface area contributed by atoms with Gasteiger partial charge in [-0.25, -0.2) is 4.98 Å². The number of amides is 1. The Morgan fingerprint density at radius 2 is 2.13 bits per heavy atom. The lowest BCUT2D eigenvalue weighted by atomic mass is 9.95. The molecule has 1 amide bonds. The van der Waals surface area contributed by atoms with Crippen molar-refractivity contribution in [3.63, 3.8) is 0 Å². The second-order valence-corrected chi connectivity index (χ2v) is 6.70. The van der Waals surface area contributed by atoms with E-state index in [1.54, 1.807) is 18.4 Å². The molecule has 0 radical (unpaired) electrons. The maximum atomic E-state index is 12.4. The summed E-state index contributed by atoms with van der Waals surface area (Å²) < 4.78 is 5.27. The minimum Gasteiger partial charge on any atom is -0.481 e. The van der Waals surface area contributed by atoms with E-state index >= 15 is 0 Å². The fourth-order valence-electron chi connectivity index (χ4n) is 2.91. The first kappa shape index (κ1) is 15.7. The molecule has 3 rings (SSSR count). The van der Waals surface area contributed by atoms with E-state index in [1.807, 2.05) is 0 Å². The topological polar surface area (TPSA) is 92.4 Å². The second kappa shape index (κ2) is 6.95. The van der Waals surface area contributed by atoms with E-state index in [9.17, 15) is 14.7 Å². The van der Waals surface area contributed by atoms with Crippen molar-refractivity contribution >= 4 is 23.2 Å². The molecule has 7 heteroatoms. The Bertz CT molecular complexity index is 680. The lowest BCUT2D eigenvalue weighted by Crippen LogP contribution is -2.42. The number of nitrogens with zero attached hydrogens (tertiary/aromatic N) is 1. The van der Waals surface area contributed by atoms with Crippen LogP contribution in [-0.4, -0.2) is 28.0 Å². The van der Waals surface area contributed by atoms with Crippen LogP contribution in [0, 0.1) is 5.92 Å². The summed E-state index contributed by atoms with van der Waals surface area (Å²) in [5.41, 5.74) is 0. The van der Waals surface area contributed by atoms with Gasteiger partial charge in [0.15, 0.2) is 10.8 Å². The Morgan fingerprint density at radius 1 is 1.30 bits per heavy atom. The van der Waals surface area contributed by atoms with Gasteiger partial charge in [-0.2, -0.15) is 0 Å². The average Bonchev–Trinajstić information content (AvgIpc) is 3.15. The van der Waals surface area contributed by atoms with E-state index in [0.717, 1.165) is 19.3 Å². The third kappa shape index (κ3) is 3.61. The van der Waals surface area contributed by atoms with Gasteiger partial charge in [-0.1, -0.05) is 19.3 Å². The number of nitrogens with one attached hydrogen (secondary N) is 1. The molecule has 1 saturated carbocycles. The zero-order valence-corrected chi connectivity index (χ0v) is 13.3. The van der Waals surface area contributed by atoms with Gasteiger partial charge in [-0.05, 0) is 25.0 Å². The van der Waals surface area contributed by atoms with E-state index in [1.165, 1.54) is 17.5 Å². The van der Waals surface area contributed by atoms with Crippen LogP contribution in [-0.2, 0) is 4.79 Å². The quantitative estimate of drug-likeness (QED) is 0.838. The van der Waals surface area contributed by atoms with Gasteiger partial charge in [0.1, 0.15) is 4.88 Å². The van der Waals surface area contributed by atoms with Gasteiger partial charge in [0, 0.05) is 6.04 Å². The van der Waals surface area contributed by atoms with Crippen molar-refractivity contribution < 1.29 is 19.1 Å². The maximum Gasteiger partial charge on any atom is 0.308 e. The summed E-state index contributed by atoms with van der Waals surface area (Å²) >= 11 is 1.24. The summed E-state index contributed by atoms with van der Waals surface area (Å²) in [6, 6.07) is 3.22. The van der Waals surface area contributed by atoms with Crippen LogP contribution in [0.4, 0.5) is 0 Å². The molecule has 0 aliphatic heterocycles. The molecule has 0 aromatic carbocycles. The maximum absolute atomic E-state index is 12.4. The number of rotatable bonds is 4. The van der Waals surface area contributed by atoms with Crippen LogP contribution < -0.4 is 5.32 Å². The number of carboxylic acids is 1. The fraction of sp³-hybridized carbons (Fsp3) is 0.438. The van der Waals surface area contributed by atoms with Crippen molar-refractivity contribution in [2.45, 2.75) is 38.1 Å². The standard InChI is InChI=1S/C16H18N2O4S/c19-14(13-9-17-15(23-13)12-7-4-8-22-12)18-11-6-3-1-2-5-10(11)16(20)21/h4,7-11H,1-3,5-6H2,(H,18,19)(H,20,21)/t10-,11+/m1/s1. The molecule has 2 aromatic rings. The number of furan rings is 1. The Kier molecular flexibility index (Phi) is 4.76. The largest absolute Gasteiger partial charge is 0.481 e. The summed E-state index contributed by atoms with van der Waals surface area (Å²) in [6.45, 7) is 0. The van der Waals surface area contributed by atoms with Crippen LogP contribution in [0.1, 0.15) is 41.8 Å². The Labute approximate surface area is 137 Å². The fourth-order valence-corrected chi connectivity index (χ4v) is 3.70. The number of carboxylic acid groups (broad SMARTS) is 1. The molecular formula is C16H18N2O4S. The van der Waals surface area contributed by atoms with Crippen LogP contribution in [0.5, 0.6) is 0 Å². The highest BCUT2D eigenvalue weighted by Crippen LogP contribution is 2.27. The van der Waals surface area contributed by atoms with E-state index < -0.39 is 11.9 Å². The molecule has 1 aliphatic rings. The van der Waals surface area contributed by atoms with Crippen LogP contribution in [0.15, 0.2) is 29.0 Å². The van der Waals surface area contributed by atoms with Gasteiger partial charge in [0.05, 0.1) is 18.4 Å².